The summed E-state index contributed by atoms with van der Waals surface area (Å²) in [4.78, 5) is 20.2. The number of aromatic nitrogens is 1. The van der Waals surface area contributed by atoms with Gasteiger partial charge >= 0.3 is 5.97 Å². The van der Waals surface area contributed by atoms with E-state index in [1.54, 1.807) is 31.4 Å². The molecule has 6 rings (SSSR count). The largest absolute Gasteiger partial charge is 0.497 e. The number of pyridine rings is 1. The van der Waals surface area contributed by atoms with Crippen LogP contribution in [0.1, 0.15) is 34.9 Å². The smallest absolute Gasteiger partial charge is 0.338 e. The van der Waals surface area contributed by atoms with Crippen LogP contribution in [0.4, 0.5) is 0 Å². The van der Waals surface area contributed by atoms with Gasteiger partial charge in [0.15, 0.2) is 0 Å². The summed E-state index contributed by atoms with van der Waals surface area (Å²) in [6.45, 7) is 6.04. The molecule has 3 aliphatic heterocycles. The maximum atomic E-state index is 13.2. The second-order valence-electron chi connectivity index (χ2n) is 8.72. The minimum absolute atomic E-state index is 0.137. The van der Waals surface area contributed by atoms with Gasteiger partial charge < -0.3 is 9.47 Å². The quantitative estimate of drug-likeness (QED) is 0.407. The SMILES string of the molecule is C=C[C@H]1CN2CC[C@H]1C[C@H]2[C@H](OC(=O)c1ccc(OC)cc1)c1ccnc2ccccc12. The van der Waals surface area contributed by atoms with Crippen molar-refractivity contribution in [2.75, 3.05) is 20.2 Å². The van der Waals surface area contributed by atoms with Crippen molar-refractivity contribution in [3.05, 3.63) is 84.6 Å². The molecule has 2 aromatic carbocycles. The van der Waals surface area contributed by atoms with Gasteiger partial charge in [-0.15, -0.1) is 6.58 Å². The van der Waals surface area contributed by atoms with Crippen molar-refractivity contribution >= 4 is 16.9 Å². The van der Waals surface area contributed by atoms with Crippen LogP contribution in [0.15, 0.2) is 73.4 Å². The standard InChI is InChI=1S/C27H28N2O3/c1-3-18-17-29-15-13-20(18)16-25(29)26(23-12-14-28-24-7-5-4-6-22(23)24)32-27(30)19-8-10-21(31-2)11-9-19/h3-12,14,18,20,25-26H,1,13,15-17H2,2H3/t18-,20-,25-,26+/m0/s1. The predicted molar refractivity (Wildman–Crippen MR) is 125 cm³/mol. The molecular weight excluding hydrogens is 400 g/mol. The van der Waals surface area contributed by atoms with Gasteiger partial charge in [-0.1, -0.05) is 24.3 Å². The van der Waals surface area contributed by atoms with Crippen molar-refractivity contribution in [2.24, 2.45) is 11.8 Å². The minimum atomic E-state index is -0.369. The van der Waals surface area contributed by atoms with E-state index >= 15 is 0 Å². The molecule has 1 aromatic heterocycles. The van der Waals surface area contributed by atoms with Crippen molar-refractivity contribution in [3.8, 4) is 5.75 Å². The van der Waals surface area contributed by atoms with Crippen LogP contribution in [-0.4, -0.2) is 42.1 Å². The van der Waals surface area contributed by atoms with E-state index in [0.29, 0.717) is 23.1 Å². The highest BCUT2D eigenvalue weighted by Crippen LogP contribution is 2.43. The first-order valence-electron chi connectivity index (χ1n) is 11.2. The van der Waals surface area contributed by atoms with Crippen molar-refractivity contribution in [1.82, 2.24) is 9.88 Å². The minimum Gasteiger partial charge on any atom is -0.497 e. The number of fused-ring (bicyclic) bond motifs is 4. The summed E-state index contributed by atoms with van der Waals surface area (Å²) >= 11 is 0. The van der Waals surface area contributed by atoms with Crippen LogP contribution in [0.2, 0.25) is 0 Å². The normalized spacial score (nSPS) is 25.3. The van der Waals surface area contributed by atoms with E-state index in [4.69, 9.17) is 9.47 Å². The number of ether oxygens (including phenoxy) is 2. The van der Waals surface area contributed by atoms with E-state index in [-0.39, 0.29) is 18.1 Å². The zero-order valence-corrected chi connectivity index (χ0v) is 18.3. The number of para-hydroxylation sites is 1. The number of rotatable bonds is 6. The summed E-state index contributed by atoms with van der Waals surface area (Å²) in [5.74, 6) is 1.48. The average molecular weight is 429 g/mol. The number of methoxy groups -OCH3 is 1. The monoisotopic (exact) mass is 428 g/mol. The molecule has 5 atom stereocenters. The molecule has 4 heterocycles. The van der Waals surface area contributed by atoms with Gasteiger partial charge in [0.25, 0.3) is 0 Å². The van der Waals surface area contributed by atoms with Crippen LogP contribution in [0.3, 0.4) is 0 Å². The number of esters is 1. The Hall–Kier alpha value is -3.18. The highest BCUT2D eigenvalue weighted by Gasteiger charge is 2.44. The summed E-state index contributed by atoms with van der Waals surface area (Å²) in [6.07, 6.45) is 5.70. The predicted octanol–water partition coefficient (Wildman–Crippen LogP) is 5.04. The lowest BCUT2D eigenvalue weighted by atomic mass is 9.73. The topological polar surface area (TPSA) is 51.7 Å². The molecule has 0 aliphatic carbocycles. The molecule has 3 saturated heterocycles. The van der Waals surface area contributed by atoms with Gasteiger partial charge in [0, 0.05) is 23.7 Å². The molecule has 0 N–H and O–H groups in total. The fourth-order valence-corrected chi connectivity index (χ4v) is 5.32. The van der Waals surface area contributed by atoms with Crippen molar-refractivity contribution in [2.45, 2.75) is 25.0 Å². The molecule has 1 unspecified atom stereocenters. The van der Waals surface area contributed by atoms with E-state index in [0.717, 1.165) is 36.0 Å². The van der Waals surface area contributed by atoms with Crippen molar-refractivity contribution in [3.63, 3.8) is 0 Å². The zero-order valence-electron chi connectivity index (χ0n) is 18.3. The molecule has 5 heteroatoms. The van der Waals surface area contributed by atoms with Crippen LogP contribution in [0.25, 0.3) is 10.9 Å². The molecule has 0 spiro atoms. The summed E-state index contributed by atoms with van der Waals surface area (Å²) < 4.78 is 11.5. The number of benzene rings is 2. The van der Waals surface area contributed by atoms with Gasteiger partial charge in [0.2, 0.25) is 0 Å². The Bertz CT molecular complexity index is 1120. The number of piperidine rings is 3. The third-order valence-corrected chi connectivity index (χ3v) is 7.05. The summed E-state index contributed by atoms with van der Waals surface area (Å²) in [6, 6.07) is 17.3. The molecule has 5 nitrogen and oxygen atoms in total. The van der Waals surface area contributed by atoms with Crippen LogP contribution >= 0.6 is 0 Å². The Kier molecular flexibility index (Phi) is 5.66. The number of nitrogens with zero attached hydrogens (tertiary/aromatic N) is 2. The Labute approximate surface area is 188 Å². The lowest BCUT2D eigenvalue weighted by Crippen LogP contribution is -2.55. The van der Waals surface area contributed by atoms with Crippen molar-refractivity contribution < 1.29 is 14.3 Å². The third-order valence-electron chi connectivity index (χ3n) is 7.05. The Morgan fingerprint density at radius 3 is 2.72 bits per heavy atom. The van der Waals surface area contributed by atoms with Crippen LogP contribution < -0.4 is 4.74 Å². The molecular formula is C27H28N2O3. The van der Waals surface area contributed by atoms with Crippen LogP contribution in [0, 0.1) is 11.8 Å². The first-order valence-corrected chi connectivity index (χ1v) is 11.2. The Balaban J connectivity index is 1.52. The van der Waals surface area contributed by atoms with E-state index < -0.39 is 0 Å². The number of hydrogen-bond donors (Lipinski definition) is 0. The molecule has 0 radical (unpaired) electrons. The summed E-state index contributed by atoms with van der Waals surface area (Å²) in [5.41, 5.74) is 2.45. The fraction of sp³-hybridized carbons (Fsp3) is 0.333. The first kappa shape index (κ1) is 20.7. The van der Waals surface area contributed by atoms with E-state index in [9.17, 15) is 4.79 Å². The molecule has 2 bridgehead atoms. The maximum absolute atomic E-state index is 13.2. The second-order valence-corrected chi connectivity index (χ2v) is 8.72. The van der Waals surface area contributed by atoms with E-state index in [2.05, 4.69) is 28.6 Å². The highest BCUT2D eigenvalue weighted by molar-refractivity contribution is 5.90. The fourth-order valence-electron chi connectivity index (χ4n) is 5.32. The third kappa shape index (κ3) is 3.78. The number of carbonyl (C=O) groups is 1. The highest BCUT2D eigenvalue weighted by atomic mass is 16.5. The van der Waals surface area contributed by atoms with Crippen LogP contribution in [-0.2, 0) is 4.74 Å². The number of hydrogen-bond acceptors (Lipinski definition) is 5. The lowest BCUT2D eigenvalue weighted by Gasteiger charge is -2.51. The van der Waals surface area contributed by atoms with E-state index in [1.807, 2.05) is 30.5 Å². The molecule has 3 aliphatic rings. The molecule has 32 heavy (non-hydrogen) atoms. The molecule has 3 aromatic rings. The van der Waals surface area contributed by atoms with Crippen molar-refractivity contribution in [1.29, 1.82) is 0 Å². The molecule has 0 saturated carbocycles. The number of carbonyl (C=O) groups excluding carboxylic acids is 1. The van der Waals surface area contributed by atoms with Gasteiger partial charge in [0.05, 0.1) is 24.2 Å². The lowest BCUT2D eigenvalue weighted by molar-refractivity contribution is -0.0568. The van der Waals surface area contributed by atoms with Gasteiger partial charge in [-0.25, -0.2) is 4.79 Å². The van der Waals surface area contributed by atoms with Gasteiger partial charge in [-0.2, -0.15) is 0 Å². The first-order chi connectivity index (χ1) is 15.7. The molecule has 0 amide bonds. The second kappa shape index (κ2) is 8.75. The summed E-state index contributed by atoms with van der Waals surface area (Å²) in [7, 11) is 1.61. The van der Waals surface area contributed by atoms with Gasteiger partial charge in [0.1, 0.15) is 11.9 Å². The van der Waals surface area contributed by atoms with E-state index in [1.165, 1.54) is 6.42 Å². The zero-order chi connectivity index (χ0) is 22.1. The van der Waals surface area contributed by atoms with Gasteiger partial charge in [-0.3, -0.25) is 9.88 Å². The summed E-state index contributed by atoms with van der Waals surface area (Å²) in [5, 5.41) is 1.03. The molecule has 3 fully saturated rings. The van der Waals surface area contributed by atoms with Crippen LogP contribution in [0.5, 0.6) is 5.75 Å². The molecule has 164 valence electrons. The Morgan fingerprint density at radius 2 is 2.00 bits per heavy atom. The maximum Gasteiger partial charge on any atom is 0.338 e. The van der Waals surface area contributed by atoms with Gasteiger partial charge in [-0.05, 0) is 67.6 Å². The Morgan fingerprint density at radius 1 is 1.19 bits per heavy atom. The average Bonchev–Trinajstić information content (AvgIpc) is 2.87.